The molecule has 40 heavy (non-hydrogen) atoms. The molecule has 0 bridgehead atoms. The van der Waals surface area contributed by atoms with Crippen molar-refractivity contribution in [3.8, 4) is 0 Å². The van der Waals surface area contributed by atoms with E-state index >= 15 is 0 Å². The van der Waals surface area contributed by atoms with Crippen molar-refractivity contribution < 1.29 is 5.11 Å². The second kappa shape index (κ2) is 11.7. The lowest BCUT2D eigenvalue weighted by Crippen LogP contribution is -2.50. The molecule has 2 aromatic rings. The van der Waals surface area contributed by atoms with Gasteiger partial charge in [0.05, 0.1) is 6.10 Å². The lowest BCUT2D eigenvalue weighted by molar-refractivity contribution is -0.0573. The summed E-state index contributed by atoms with van der Waals surface area (Å²) in [4.78, 5) is 6.21. The smallest absolute Gasteiger partial charge is 0.0577 e. The molecule has 0 aliphatic heterocycles. The first kappa shape index (κ1) is 28.7. The zero-order chi connectivity index (χ0) is 27.9. The summed E-state index contributed by atoms with van der Waals surface area (Å²) in [5.74, 6) is 5.50. The van der Waals surface area contributed by atoms with Crippen LogP contribution in [0.2, 0.25) is 0 Å². The van der Waals surface area contributed by atoms with Gasteiger partial charge in [0.25, 0.3) is 0 Å². The summed E-state index contributed by atoms with van der Waals surface area (Å²) in [6, 6.07) is 10.9. The Labute approximate surface area is 248 Å². The highest BCUT2D eigenvalue weighted by molar-refractivity contribution is 7.10. The number of allylic oxidation sites excluding steroid dienone is 1. The molecule has 0 radical (unpaired) electrons. The summed E-state index contributed by atoms with van der Waals surface area (Å²) < 4.78 is 0. The number of rotatable bonds is 9. The van der Waals surface area contributed by atoms with E-state index in [1.165, 1.54) is 74.8 Å². The van der Waals surface area contributed by atoms with Crippen LogP contribution in [-0.4, -0.2) is 16.2 Å². The number of aromatic nitrogens is 1. The van der Waals surface area contributed by atoms with Crippen molar-refractivity contribution in [2.45, 2.75) is 117 Å². The number of hydrogen-bond acceptors (Lipinski definition) is 3. The quantitative estimate of drug-likeness (QED) is 0.310. The second-order valence-electron chi connectivity index (χ2n) is 15.0. The Morgan fingerprint density at radius 1 is 1.00 bits per heavy atom. The Bertz CT molecular complexity index is 1140. The molecule has 4 aliphatic rings. The number of aliphatic hydroxyl groups is 1. The van der Waals surface area contributed by atoms with E-state index in [0.717, 1.165) is 42.4 Å². The van der Waals surface area contributed by atoms with Crippen LogP contribution in [0.15, 0.2) is 53.6 Å². The van der Waals surface area contributed by atoms with Crippen LogP contribution in [0.5, 0.6) is 0 Å². The molecule has 1 N–H and O–H groups in total. The maximum Gasteiger partial charge on any atom is 0.0577 e. The Balaban J connectivity index is 1.05. The molecule has 0 spiro atoms. The van der Waals surface area contributed by atoms with Gasteiger partial charge in [0.15, 0.2) is 0 Å². The van der Waals surface area contributed by atoms with Crippen molar-refractivity contribution in [2.75, 3.05) is 0 Å². The fourth-order valence-electron chi connectivity index (χ4n) is 10.6. The molecule has 0 amide bonds. The van der Waals surface area contributed by atoms with Crippen LogP contribution in [0.1, 0.15) is 121 Å². The van der Waals surface area contributed by atoms with Gasteiger partial charge in [0.2, 0.25) is 0 Å². The fourth-order valence-corrected chi connectivity index (χ4v) is 11.4. The molecule has 3 saturated carbocycles. The Morgan fingerprint density at radius 2 is 1.88 bits per heavy atom. The number of thiophene rings is 1. The summed E-state index contributed by atoms with van der Waals surface area (Å²) >= 11 is 1.88. The molecule has 3 heteroatoms. The number of hydrogen-bond donors (Lipinski definition) is 1. The monoisotopic (exact) mass is 559 g/mol. The molecule has 4 aliphatic carbocycles. The zero-order valence-corrected chi connectivity index (χ0v) is 26.3. The first-order valence-electron chi connectivity index (χ1n) is 16.6. The van der Waals surface area contributed by atoms with Gasteiger partial charge in [-0.3, -0.25) is 4.98 Å². The predicted molar refractivity (Wildman–Crippen MR) is 168 cm³/mol. The summed E-state index contributed by atoms with van der Waals surface area (Å²) in [5.41, 5.74) is 3.73. The standard InChI is InChI=1S/C37H53NOS/c1-25(23-30(35-12-8-22-40-35)34-11-5-6-21-38-34)9-7-10-26(2)31-15-16-32-29-14-13-27-24-28(39)17-19-36(27,3)33(29)18-20-37(31,32)4/h5-6,8,11-13,21-22,25-26,28-33,39H,7,9-10,14-20,23-24H2,1-4H3/t25?,26-,28+,29+,30?,31-,32+,33+,36+,37-/m1/s1. The molecular weight excluding hydrogens is 506 g/mol. The molecule has 2 nitrogen and oxygen atoms in total. The molecule has 0 saturated heterocycles. The van der Waals surface area contributed by atoms with Crippen molar-refractivity contribution >= 4 is 11.3 Å². The van der Waals surface area contributed by atoms with Crippen LogP contribution in [0.25, 0.3) is 0 Å². The highest BCUT2D eigenvalue weighted by Gasteiger charge is 2.59. The van der Waals surface area contributed by atoms with Gasteiger partial charge in [-0.15, -0.1) is 11.3 Å². The van der Waals surface area contributed by atoms with Gasteiger partial charge >= 0.3 is 0 Å². The van der Waals surface area contributed by atoms with E-state index in [0.29, 0.717) is 22.7 Å². The third-order valence-electron chi connectivity index (χ3n) is 12.8. The van der Waals surface area contributed by atoms with E-state index in [9.17, 15) is 5.11 Å². The number of nitrogens with zero attached hydrogens (tertiary/aromatic N) is 1. The van der Waals surface area contributed by atoms with Crippen LogP contribution in [0, 0.1) is 46.3 Å². The van der Waals surface area contributed by atoms with E-state index in [2.05, 4.69) is 63.4 Å². The second-order valence-corrected chi connectivity index (χ2v) is 15.9. The first-order valence-corrected chi connectivity index (χ1v) is 17.5. The first-order chi connectivity index (χ1) is 19.3. The van der Waals surface area contributed by atoms with Crippen LogP contribution in [0.4, 0.5) is 0 Å². The van der Waals surface area contributed by atoms with Gasteiger partial charge in [-0.25, -0.2) is 0 Å². The van der Waals surface area contributed by atoms with Gasteiger partial charge in [0.1, 0.15) is 0 Å². The lowest BCUT2D eigenvalue weighted by atomic mass is 9.47. The minimum absolute atomic E-state index is 0.0965. The molecule has 2 aromatic heterocycles. The van der Waals surface area contributed by atoms with Gasteiger partial charge < -0.3 is 5.11 Å². The molecule has 10 atom stereocenters. The lowest BCUT2D eigenvalue weighted by Gasteiger charge is -2.58. The van der Waals surface area contributed by atoms with Crippen molar-refractivity contribution in [3.63, 3.8) is 0 Å². The molecule has 2 heterocycles. The summed E-state index contributed by atoms with van der Waals surface area (Å²) in [7, 11) is 0. The molecule has 2 unspecified atom stereocenters. The highest BCUT2D eigenvalue weighted by Crippen LogP contribution is 2.67. The van der Waals surface area contributed by atoms with Crippen LogP contribution in [-0.2, 0) is 0 Å². The van der Waals surface area contributed by atoms with Crippen molar-refractivity contribution in [1.29, 1.82) is 0 Å². The molecule has 6 rings (SSSR count). The number of aliphatic hydroxyl groups excluding tert-OH is 1. The number of fused-ring (bicyclic) bond motifs is 5. The van der Waals surface area contributed by atoms with Gasteiger partial charge in [-0.05, 0) is 128 Å². The van der Waals surface area contributed by atoms with Crippen molar-refractivity contribution in [2.24, 2.45) is 46.3 Å². The van der Waals surface area contributed by atoms with Crippen molar-refractivity contribution in [1.82, 2.24) is 4.98 Å². The normalized spacial score (nSPS) is 37.5. The van der Waals surface area contributed by atoms with Crippen LogP contribution in [0.3, 0.4) is 0 Å². The van der Waals surface area contributed by atoms with Crippen LogP contribution >= 0.6 is 11.3 Å². The van der Waals surface area contributed by atoms with Gasteiger partial charge in [-0.1, -0.05) is 70.7 Å². The Hall–Kier alpha value is -1.45. The third-order valence-corrected chi connectivity index (χ3v) is 13.8. The Morgan fingerprint density at radius 3 is 2.65 bits per heavy atom. The maximum absolute atomic E-state index is 10.3. The van der Waals surface area contributed by atoms with E-state index in [1.807, 2.05) is 23.6 Å². The van der Waals surface area contributed by atoms with E-state index in [-0.39, 0.29) is 6.10 Å². The summed E-state index contributed by atoms with van der Waals surface area (Å²) in [6.07, 6.45) is 19.9. The van der Waals surface area contributed by atoms with Crippen LogP contribution < -0.4 is 0 Å². The third kappa shape index (κ3) is 5.28. The zero-order valence-electron chi connectivity index (χ0n) is 25.5. The fraction of sp³-hybridized carbons (Fsp3) is 0.703. The minimum Gasteiger partial charge on any atom is -0.393 e. The molecule has 3 fully saturated rings. The molecular formula is C37H53NOS. The topological polar surface area (TPSA) is 33.1 Å². The van der Waals surface area contributed by atoms with Gasteiger partial charge in [-0.2, -0.15) is 0 Å². The van der Waals surface area contributed by atoms with E-state index in [1.54, 1.807) is 5.57 Å². The predicted octanol–water partition coefficient (Wildman–Crippen LogP) is 10.0. The minimum atomic E-state index is -0.0965. The largest absolute Gasteiger partial charge is 0.393 e. The van der Waals surface area contributed by atoms with Crippen molar-refractivity contribution in [3.05, 3.63) is 64.1 Å². The average Bonchev–Trinajstić information content (AvgIpc) is 3.60. The summed E-state index contributed by atoms with van der Waals surface area (Å²) in [6.45, 7) is 10.3. The SMILES string of the molecule is CC(CCC[C@@H](C)[C@H]1CC[C@H]2[C@@H]3CC=C4C[C@@H](O)CC[C@]4(C)[C@H]3CC[C@]12C)CC(c1ccccn1)c1cccs1. The van der Waals surface area contributed by atoms with E-state index < -0.39 is 0 Å². The summed E-state index contributed by atoms with van der Waals surface area (Å²) in [5, 5.41) is 12.6. The Kier molecular flexibility index (Phi) is 8.36. The van der Waals surface area contributed by atoms with E-state index in [4.69, 9.17) is 4.98 Å². The molecule has 0 aromatic carbocycles. The molecule has 218 valence electrons. The maximum atomic E-state index is 10.3. The average molecular weight is 560 g/mol. The van der Waals surface area contributed by atoms with Gasteiger partial charge in [0, 0.05) is 22.7 Å². The highest BCUT2D eigenvalue weighted by atomic mass is 32.1. The number of pyridine rings is 1.